The maximum atomic E-state index is 15.0. The number of nitrogens with zero attached hydrogens (tertiary/aromatic N) is 2. The number of pyridine rings is 1. The molecule has 0 aliphatic carbocycles. The summed E-state index contributed by atoms with van der Waals surface area (Å²) in [6.45, 7) is 6.33. The minimum atomic E-state index is -1.21. The van der Waals surface area contributed by atoms with Crippen LogP contribution in [-0.4, -0.2) is 48.4 Å². The molecule has 3 aliphatic heterocycles. The van der Waals surface area contributed by atoms with Crippen molar-refractivity contribution in [2.45, 2.75) is 26.1 Å². The van der Waals surface area contributed by atoms with Gasteiger partial charge in [-0.05, 0) is 43.2 Å². The molecule has 0 saturated carbocycles. The molecular weight excluding hydrogens is 419 g/mol. The number of fused-ring (bicyclic) bond motifs is 1. The normalized spacial score (nSPS) is 23.2. The minimum Gasteiger partial charge on any atom is -0.379 e. The summed E-state index contributed by atoms with van der Waals surface area (Å²) in [7, 11) is 0. The summed E-state index contributed by atoms with van der Waals surface area (Å²) in [5.41, 5.74) is 10.0. The minimum absolute atomic E-state index is 0.0982. The number of anilines is 1. The Hall–Kier alpha value is -2.88. The van der Waals surface area contributed by atoms with Gasteiger partial charge < -0.3 is 15.5 Å². The highest BCUT2D eigenvalue weighted by Crippen LogP contribution is 2.41. The molecule has 32 heavy (non-hydrogen) atoms. The molecule has 3 aliphatic rings. The maximum Gasteiger partial charge on any atom is 0.166 e. The van der Waals surface area contributed by atoms with Crippen molar-refractivity contribution in [3.05, 3.63) is 70.3 Å². The first-order valence-electron chi connectivity index (χ1n) is 10.6. The Morgan fingerprint density at radius 2 is 2.06 bits per heavy atom. The largest absolute Gasteiger partial charge is 0.379 e. The number of benzene rings is 1. The quantitative estimate of drug-likeness (QED) is 0.634. The first-order valence-corrected chi connectivity index (χ1v) is 10.6. The Labute approximate surface area is 184 Å². The predicted octanol–water partition coefficient (Wildman–Crippen LogP) is 3.16. The molecule has 1 saturated heterocycles. The first kappa shape index (κ1) is 21.0. The molecule has 0 bridgehead atoms. The number of rotatable bonds is 3. The summed E-state index contributed by atoms with van der Waals surface area (Å²) < 4.78 is 48.9. The maximum absolute atomic E-state index is 15.0. The van der Waals surface area contributed by atoms with Gasteiger partial charge >= 0.3 is 0 Å². The summed E-state index contributed by atoms with van der Waals surface area (Å²) in [4.78, 5) is 6.81. The van der Waals surface area contributed by atoms with Crippen LogP contribution in [0.3, 0.4) is 0 Å². The Bertz CT molecular complexity index is 1130. The van der Waals surface area contributed by atoms with Crippen LogP contribution in [0.25, 0.3) is 11.3 Å². The number of hydrogen-bond acceptors (Lipinski definition) is 6. The highest BCUT2D eigenvalue weighted by Gasteiger charge is 2.33. The van der Waals surface area contributed by atoms with Crippen LogP contribution < -0.4 is 16.2 Å². The van der Waals surface area contributed by atoms with Crippen LogP contribution >= 0.6 is 0 Å². The summed E-state index contributed by atoms with van der Waals surface area (Å²) in [6, 6.07) is 1.71. The molecule has 4 heterocycles. The van der Waals surface area contributed by atoms with E-state index in [2.05, 4.69) is 26.1 Å². The second-order valence-electron chi connectivity index (χ2n) is 8.24. The highest BCUT2D eigenvalue weighted by molar-refractivity contribution is 5.94. The predicted molar refractivity (Wildman–Crippen MR) is 116 cm³/mol. The number of ether oxygens (including phenoxy) is 1. The van der Waals surface area contributed by atoms with Gasteiger partial charge in [-0.3, -0.25) is 9.88 Å². The van der Waals surface area contributed by atoms with E-state index >= 15 is 0 Å². The zero-order valence-electron chi connectivity index (χ0n) is 17.8. The third-order valence-corrected chi connectivity index (χ3v) is 6.10. The fourth-order valence-electron chi connectivity index (χ4n) is 4.54. The molecular formula is C23H24F3N5O. The number of nitrogens with one attached hydrogen (secondary N) is 3. The average Bonchev–Trinajstić information content (AvgIpc) is 3.31. The van der Waals surface area contributed by atoms with Gasteiger partial charge in [0.05, 0.1) is 30.8 Å². The van der Waals surface area contributed by atoms with Crippen molar-refractivity contribution in [3.8, 4) is 0 Å². The molecule has 1 unspecified atom stereocenters. The molecule has 5 rings (SSSR count). The van der Waals surface area contributed by atoms with E-state index in [0.29, 0.717) is 54.9 Å². The van der Waals surface area contributed by atoms with E-state index in [-0.39, 0.29) is 17.8 Å². The van der Waals surface area contributed by atoms with Gasteiger partial charge in [-0.25, -0.2) is 18.6 Å². The fraction of sp³-hybridized carbons (Fsp3) is 0.348. The van der Waals surface area contributed by atoms with E-state index in [1.54, 1.807) is 6.20 Å². The third-order valence-electron chi connectivity index (χ3n) is 6.10. The smallest absolute Gasteiger partial charge is 0.166 e. The van der Waals surface area contributed by atoms with Crippen LogP contribution in [-0.2, 0) is 4.74 Å². The zero-order chi connectivity index (χ0) is 22.4. The lowest BCUT2D eigenvalue weighted by Crippen LogP contribution is -2.52. The first-order chi connectivity index (χ1) is 15.4. The lowest BCUT2D eigenvalue weighted by molar-refractivity contribution is -0.00851. The summed E-state index contributed by atoms with van der Waals surface area (Å²) in [5, 5.41) is 3.54. The SMILES string of the molecule is Cc1cnc(C2=CCNN2)c2c1C(c1cc(F)cc(F)c1F)=CC(N1CCOC[C@H]1C)N2. The van der Waals surface area contributed by atoms with Crippen LogP contribution in [0.2, 0.25) is 0 Å². The molecule has 0 spiro atoms. The Balaban J connectivity index is 1.73. The molecule has 168 valence electrons. The van der Waals surface area contributed by atoms with E-state index in [9.17, 15) is 13.2 Å². The van der Waals surface area contributed by atoms with Crippen molar-refractivity contribution in [1.82, 2.24) is 20.7 Å². The molecule has 2 aromatic rings. The molecule has 2 atom stereocenters. The third kappa shape index (κ3) is 3.56. The van der Waals surface area contributed by atoms with Gasteiger partial charge in [-0.15, -0.1) is 0 Å². The van der Waals surface area contributed by atoms with Crippen molar-refractivity contribution in [1.29, 1.82) is 0 Å². The van der Waals surface area contributed by atoms with Gasteiger partial charge in [0.1, 0.15) is 11.5 Å². The molecule has 1 fully saturated rings. The second kappa shape index (κ2) is 8.23. The summed E-state index contributed by atoms with van der Waals surface area (Å²) in [5.74, 6) is -3.11. The van der Waals surface area contributed by atoms with Crippen LogP contribution in [0, 0.1) is 24.4 Å². The molecule has 9 heteroatoms. The molecule has 0 radical (unpaired) electrons. The number of hydrazine groups is 1. The number of morpholine rings is 1. The number of hydrogen-bond donors (Lipinski definition) is 3. The van der Waals surface area contributed by atoms with Gasteiger partial charge in [0.25, 0.3) is 0 Å². The number of aromatic nitrogens is 1. The molecule has 1 aromatic carbocycles. The number of aryl methyl sites for hydroxylation is 1. The summed E-state index contributed by atoms with van der Waals surface area (Å²) in [6.07, 6.45) is 5.16. The Kier molecular flexibility index (Phi) is 5.40. The van der Waals surface area contributed by atoms with Crippen LogP contribution in [0.4, 0.5) is 18.9 Å². The monoisotopic (exact) mass is 443 g/mol. The molecule has 6 nitrogen and oxygen atoms in total. The van der Waals surface area contributed by atoms with E-state index < -0.39 is 17.5 Å². The van der Waals surface area contributed by atoms with Gasteiger partial charge in [-0.1, -0.05) is 0 Å². The Morgan fingerprint density at radius 1 is 1.22 bits per heavy atom. The van der Waals surface area contributed by atoms with Crippen molar-refractivity contribution in [3.63, 3.8) is 0 Å². The topological polar surface area (TPSA) is 61.5 Å². The average molecular weight is 443 g/mol. The highest BCUT2D eigenvalue weighted by atomic mass is 19.2. The molecule has 0 amide bonds. The van der Waals surface area contributed by atoms with Gasteiger partial charge in [-0.2, -0.15) is 0 Å². The van der Waals surface area contributed by atoms with Crippen molar-refractivity contribution in [2.24, 2.45) is 0 Å². The lowest BCUT2D eigenvalue weighted by Gasteiger charge is -2.41. The second-order valence-corrected chi connectivity index (χ2v) is 8.24. The van der Waals surface area contributed by atoms with E-state index in [0.717, 1.165) is 17.3 Å². The Morgan fingerprint density at radius 3 is 2.81 bits per heavy atom. The zero-order valence-corrected chi connectivity index (χ0v) is 17.8. The van der Waals surface area contributed by atoms with Crippen molar-refractivity contribution >= 4 is 17.0 Å². The lowest BCUT2D eigenvalue weighted by atomic mass is 9.88. The van der Waals surface area contributed by atoms with Gasteiger partial charge in [0, 0.05) is 42.5 Å². The number of halogens is 3. The fourth-order valence-corrected chi connectivity index (χ4v) is 4.54. The van der Waals surface area contributed by atoms with E-state index in [1.165, 1.54) is 0 Å². The van der Waals surface area contributed by atoms with E-state index in [1.807, 2.05) is 26.0 Å². The van der Waals surface area contributed by atoms with Crippen LogP contribution in [0.15, 0.2) is 30.5 Å². The van der Waals surface area contributed by atoms with Crippen molar-refractivity contribution in [2.75, 3.05) is 31.6 Å². The van der Waals surface area contributed by atoms with Crippen LogP contribution in [0.5, 0.6) is 0 Å². The summed E-state index contributed by atoms with van der Waals surface area (Å²) >= 11 is 0. The van der Waals surface area contributed by atoms with Gasteiger partial charge in [0.2, 0.25) is 0 Å². The van der Waals surface area contributed by atoms with E-state index in [4.69, 9.17) is 4.74 Å². The van der Waals surface area contributed by atoms with Crippen LogP contribution in [0.1, 0.15) is 29.3 Å². The van der Waals surface area contributed by atoms with Gasteiger partial charge in [0.15, 0.2) is 11.6 Å². The molecule has 3 N–H and O–H groups in total. The molecule has 1 aromatic heterocycles. The standard InChI is InChI=1S/C23H24F3N5O/c1-12-10-27-22(18-3-4-28-30-18)23-20(12)15(16-7-14(24)8-17(25)21(16)26)9-19(29-23)31-5-6-32-11-13(31)2/h3,7-10,13,19,28-30H,4-6,11H2,1-2H3/t13-,19?/m1/s1. The van der Waals surface area contributed by atoms with Crippen molar-refractivity contribution < 1.29 is 17.9 Å².